The zero-order valence-electron chi connectivity index (χ0n) is 7.83. The van der Waals surface area contributed by atoms with Crippen LogP contribution in [0.5, 0.6) is 0 Å². The van der Waals surface area contributed by atoms with Crippen LogP contribution in [0.1, 0.15) is 26.3 Å². The number of methoxy groups -OCH3 is 1. The molecule has 1 aromatic rings. The molecule has 0 saturated heterocycles. The van der Waals surface area contributed by atoms with E-state index in [9.17, 15) is 9.59 Å². The summed E-state index contributed by atoms with van der Waals surface area (Å²) in [6, 6.07) is 3.22. The van der Waals surface area contributed by atoms with Gasteiger partial charge in [0.25, 0.3) is 0 Å². The smallest absolute Gasteiger partial charge is 0.339 e. The lowest BCUT2D eigenvalue weighted by Crippen LogP contribution is -2.06. The van der Waals surface area contributed by atoms with E-state index in [0.29, 0.717) is 11.8 Å². The van der Waals surface area contributed by atoms with Gasteiger partial charge in [-0.05, 0) is 18.6 Å². The third-order valence-corrected chi connectivity index (χ3v) is 2.30. The van der Waals surface area contributed by atoms with E-state index < -0.39 is 5.97 Å². The minimum absolute atomic E-state index is 0.145. The molecule has 0 amide bonds. The van der Waals surface area contributed by atoms with Crippen molar-refractivity contribution < 1.29 is 14.3 Å². The van der Waals surface area contributed by atoms with Gasteiger partial charge in [0.2, 0.25) is 0 Å². The topological polar surface area (TPSA) is 43.4 Å². The molecular weight excluding hydrogens is 204 g/mol. The van der Waals surface area contributed by atoms with Gasteiger partial charge < -0.3 is 4.74 Å². The molecule has 74 valence electrons. The molecule has 0 aliphatic carbocycles. The Kier molecular flexibility index (Phi) is 3.25. The maximum atomic E-state index is 11.3. The third-order valence-electron chi connectivity index (χ3n) is 1.90. The minimum Gasteiger partial charge on any atom is -0.465 e. The molecule has 0 N–H and O–H groups in total. The Morgan fingerprint density at radius 3 is 2.64 bits per heavy atom. The number of esters is 1. The van der Waals surface area contributed by atoms with Crippen molar-refractivity contribution >= 4 is 23.9 Å². The number of aldehydes is 1. The number of ether oxygens (including phenoxy) is 1. The summed E-state index contributed by atoms with van der Waals surface area (Å²) < 4.78 is 4.56. The summed E-state index contributed by atoms with van der Waals surface area (Å²) in [4.78, 5) is 21.9. The van der Waals surface area contributed by atoms with Crippen molar-refractivity contribution in [1.82, 2.24) is 0 Å². The fourth-order valence-electron chi connectivity index (χ4n) is 1.13. The van der Waals surface area contributed by atoms with Gasteiger partial charge in [-0.2, -0.15) is 0 Å². The van der Waals surface area contributed by atoms with Crippen LogP contribution in [0.2, 0.25) is 5.02 Å². The first kappa shape index (κ1) is 10.7. The molecule has 0 aliphatic rings. The maximum Gasteiger partial charge on any atom is 0.339 e. The fraction of sp³-hybridized carbons (Fsp3) is 0.200. The number of carbonyl (C=O) groups is 2. The van der Waals surface area contributed by atoms with Gasteiger partial charge in [-0.15, -0.1) is 0 Å². The van der Waals surface area contributed by atoms with E-state index in [1.807, 2.05) is 0 Å². The molecule has 3 nitrogen and oxygen atoms in total. The molecular formula is C10H9ClO3. The zero-order chi connectivity index (χ0) is 10.7. The lowest BCUT2D eigenvalue weighted by Gasteiger charge is -2.07. The van der Waals surface area contributed by atoms with Gasteiger partial charge in [0.15, 0.2) is 6.29 Å². The van der Waals surface area contributed by atoms with Crippen molar-refractivity contribution in [3.8, 4) is 0 Å². The van der Waals surface area contributed by atoms with Crippen LogP contribution in [0.25, 0.3) is 0 Å². The summed E-state index contributed by atoms with van der Waals surface area (Å²) in [7, 11) is 1.27. The second kappa shape index (κ2) is 4.24. The average Bonchev–Trinajstić information content (AvgIpc) is 2.18. The van der Waals surface area contributed by atoms with Crippen molar-refractivity contribution in [2.45, 2.75) is 6.92 Å². The number of halogens is 1. The molecule has 14 heavy (non-hydrogen) atoms. The minimum atomic E-state index is -0.531. The molecule has 0 radical (unpaired) electrons. The molecule has 0 fully saturated rings. The Labute approximate surface area is 86.6 Å². The number of carbonyl (C=O) groups excluding carboxylic acids is 2. The summed E-state index contributed by atoms with van der Waals surface area (Å²) in [6.45, 7) is 1.73. The quantitative estimate of drug-likeness (QED) is 0.558. The molecule has 0 heterocycles. The summed E-state index contributed by atoms with van der Waals surface area (Å²) in [5.41, 5.74) is 1.23. The third kappa shape index (κ3) is 1.77. The van der Waals surface area contributed by atoms with Crippen LogP contribution in [0.3, 0.4) is 0 Å². The normalized spacial score (nSPS) is 9.64. The fourth-order valence-corrected chi connectivity index (χ4v) is 1.47. The molecule has 1 rings (SSSR count). The van der Waals surface area contributed by atoms with Crippen LogP contribution in [0.15, 0.2) is 12.1 Å². The Bertz CT molecular complexity index is 385. The summed E-state index contributed by atoms with van der Waals surface area (Å²) in [5.74, 6) is -0.531. The predicted molar refractivity (Wildman–Crippen MR) is 52.9 cm³/mol. The molecule has 0 spiro atoms. The van der Waals surface area contributed by atoms with Crippen LogP contribution in [-0.4, -0.2) is 19.4 Å². The zero-order valence-corrected chi connectivity index (χ0v) is 8.59. The second-order valence-electron chi connectivity index (χ2n) is 2.77. The number of hydrogen-bond acceptors (Lipinski definition) is 3. The first-order valence-corrected chi connectivity index (χ1v) is 4.32. The summed E-state index contributed by atoms with van der Waals surface area (Å²) in [6.07, 6.45) is 0.605. The average molecular weight is 213 g/mol. The first-order valence-electron chi connectivity index (χ1n) is 3.94. The van der Waals surface area contributed by atoms with Crippen LogP contribution < -0.4 is 0 Å². The van der Waals surface area contributed by atoms with E-state index in [1.165, 1.54) is 7.11 Å². The molecule has 0 atom stereocenters. The van der Waals surface area contributed by atoms with E-state index in [1.54, 1.807) is 19.1 Å². The molecule has 0 bridgehead atoms. The highest BCUT2D eigenvalue weighted by Crippen LogP contribution is 2.23. The number of benzene rings is 1. The largest absolute Gasteiger partial charge is 0.465 e. The molecule has 0 saturated carbocycles. The van der Waals surface area contributed by atoms with E-state index in [0.717, 1.165) is 0 Å². The highest BCUT2D eigenvalue weighted by Gasteiger charge is 2.16. The number of rotatable bonds is 2. The molecule has 4 heteroatoms. The van der Waals surface area contributed by atoms with E-state index in [-0.39, 0.29) is 16.1 Å². The van der Waals surface area contributed by atoms with Crippen molar-refractivity contribution in [3.05, 3.63) is 33.8 Å². The van der Waals surface area contributed by atoms with Gasteiger partial charge in [0, 0.05) is 5.56 Å². The van der Waals surface area contributed by atoms with Crippen molar-refractivity contribution in [2.24, 2.45) is 0 Å². The number of hydrogen-bond donors (Lipinski definition) is 0. The molecule has 0 aliphatic heterocycles. The van der Waals surface area contributed by atoms with Crippen molar-refractivity contribution in [1.29, 1.82) is 0 Å². The van der Waals surface area contributed by atoms with Gasteiger partial charge in [-0.3, -0.25) is 4.79 Å². The van der Waals surface area contributed by atoms with Crippen molar-refractivity contribution in [3.63, 3.8) is 0 Å². The Morgan fingerprint density at radius 1 is 1.50 bits per heavy atom. The molecule has 0 unspecified atom stereocenters. The predicted octanol–water partition coefficient (Wildman–Crippen LogP) is 2.25. The van der Waals surface area contributed by atoms with Gasteiger partial charge in [0.05, 0.1) is 17.7 Å². The Balaban J connectivity index is 3.39. The van der Waals surface area contributed by atoms with Crippen LogP contribution in [0, 0.1) is 6.92 Å². The van der Waals surface area contributed by atoms with E-state index in [4.69, 9.17) is 11.6 Å². The monoisotopic (exact) mass is 212 g/mol. The van der Waals surface area contributed by atoms with Gasteiger partial charge in [-0.1, -0.05) is 17.7 Å². The van der Waals surface area contributed by atoms with Crippen LogP contribution in [0.4, 0.5) is 0 Å². The van der Waals surface area contributed by atoms with E-state index >= 15 is 0 Å². The standard InChI is InChI=1S/C10H9ClO3/c1-6-3-4-7(5-12)9(11)8(6)10(13)14-2/h3-5H,1-2H3. The lowest BCUT2D eigenvalue weighted by molar-refractivity contribution is 0.0600. The first-order chi connectivity index (χ1) is 6.61. The highest BCUT2D eigenvalue weighted by atomic mass is 35.5. The maximum absolute atomic E-state index is 11.3. The molecule has 1 aromatic carbocycles. The van der Waals surface area contributed by atoms with Gasteiger partial charge in [0.1, 0.15) is 0 Å². The SMILES string of the molecule is COC(=O)c1c(C)ccc(C=O)c1Cl. The highest BCUT2D eigenvalue weighted by molar-refractivity contribution is 6.36. The van der Waals surface area contributed by atoms with Gasteiger partial charge in [-0.25, -0.2) is 4.79 Å². The van der Waals surface area contributed by atoms with Crippen LogP contribution in [-0.2, 0) is 4.74 Å². The summed E-state index contributed by atoms with van der Waals surface area (Å²) in [5, 5.41) is 0.145. The second-order valence-corrected chi connectivity index (χ2v) is 3.15. The van der Waals surface area contributed by atoms with E-state index in [2.05, 4.69) is 4.74 Å². The Hall–Kier alpha value is -1.35. The summed E-state index contributed by atoms with van der Waals surface area (Å²) >= 11 is 5.86. The van der Waals surface area contributed by atoms with Gasteiger partial charge >= 0.3 is 5.97 Å². The Morgan fingerprint density at radius 2 is 2.14 bits per heavy atom. The number of aryl methyl sites for hydroxylation is 1. The lowest BCUT2D eigenvalue weighted by atomic mass is 10.1. The molecule has 0 aromatic heterocycles. The van der Waals surface area contributed by atoms with Crippen molar-refractivity contribution in [2.75, 3.05) is 7.11 Å². The van der Waals surface area contributed by atoms with Crippen LogP contribution >= 0.6 is 11.6 Å².